The molecule has 1 N–H and O–H groups in total. The largest absolute Gasteiger partial charge is 0.391 e. The van der Waals surface area contributed by atoms with Crippen molar-refractivity contribution in [2.75, 3.05) is 6.54 Å². The summed E-state index contributed by atoms with van der Waals surface area (Å²) in [6, 6.07) is 8.57. The lowest BCUT2D eigenvalue weighted by Gasteiger charge is -2.27. The van der Waals surface area contributed by atoms with Gasteiger partial charge in [0, 0.05) is 6.54 Å². The fourth-order valence-corrected chi connectivity index (χ4v) is 5.03. The maximum Gasteiger partial charge on any atom is 0.0181 e. The van der Waals surface area contributed by atoms with Gasteiger partial charge in [-0.3, -0.25) is 0 Å². The van der Waals surface area contributed by atoms with Crippen LogP contribution >= 0.6 is 0 Å². The van der Waals surface area contributed by atoms with Crippen molar-refractivity contribution in [2.45, 2.75) is 91.9 Å². The third-order valence-electron chi connectivity index (χ3n) is 7.41. The summed E-state index contributed by atoms with van der Waals surface area (Å²) in [5.41, 5.74) is 4.34. The molecule has 0 aliphatic heterocycles. The summed E-state index contributed by atoms with van der Waals surface area (Å²) in [5.74, 6) is 4.10. The molecule has 3 aliphatic carbocycles. The molecule has 0 aromatic heterocycles. The molecule has 2 atom stereocenters. The van der Waals surface area contributed by atoms with E-state index in [9.17, 15) is 0 Å². The van der Waals surface area contributed by atoms with Crippen LogP contribution in [0.4, 0.5) is 0 Å². The molecule has 0 bridgehead atoms. The Balaban J connectivity index is 0.000000178. The lowest BCUT2D eigenvalue weighted by atomic mass is 9.78. The predicted molar refractivity (Wildman–Crippen MR) is 143 cm³/mol. The maximum absolute atomic E-state index is 3.60. The van der Waals surface area contributed by atoms with Crippen molar-refractivity contribution in [3.05, 3.63) is 72.0 Å². The van der Waals surface area contributed by atoms with Crippen LogP contribution in [0, 0.1) is 30.6 Å². The maximum atomic E-state index is 3.60. The molecule has 0 radical (unpaired) electrons. The summed E-state index contributed by atoms with van der Waals surface area (Å²) in [7, 11) is 0. The first-order chi connectivity index (χ1) is 15.6. The van der Waals surface area contributed by atoms with Crippen molar-refractivity contribution in [1.29, 1.82) is 0 Å². The van der Waals surface area contributed by atoms with E-state index < -0.39 is 0 Å². The van der Waals surface area contributed by atoms with Crippen LogP contribution in [-0.4, -0.2) is 6.54 Å². The second-order valence-corrected chi connectivity index (χ2v) is 10.1. The fourth-order valence-electron chi connectivity index (χ4n) is 5.03. The fraction of sp³-hybridized carbons (Fsp3) is 0.613. The van der Waals surface area contributed by atoms with E-state index in [-0.39, 0.29) is 0 Å². The molecular weight excluding hydrogens is 386 g/mol. The monoisotopic (exact) mass is 435 g/mol. The molecule has 1 aromatic carbocycles. The van der Waals surface area contributed by atoms with Gasteiger partial charge in [-0.1, -0.05) is 101 Å². The molecule has 1 nitrogen and oxygen atoms in total. The van der Waals surface area contributed by atoms with E-state index in [0.717, 1.165) is 36.6 Å². The Bertz CT molecular complexity index is 697. The molecular formula is C31H49N. The van der Waals surface area contributed by atoms with E-state index in [1.165, 1.54) is 68.9 Å². The van der Waals surface area contributed by atoms with Crippen LogP contribution in [0.3, 0.4) is 0 Å². The van der Waals surface area contributed by atoms with Gasteiger partial charge in [0.15, 0.2) is 0 Å². The van der Waals surface area contributed by atoms with E-state index in [2.05, 4.69) is 82.1 Å². The van der Waals surface area contributed by atoms with Crippen molar-refractivity contribution in [3.8, 4) is 0 Å². The molecule has 0 heterocycles. The van der Waals surface area contributed by atoms with Gasteiger partial charge in [0.05, 0.1) is 0 Å². The zero-order chi connectivity index (χ0) is 23.2. The smallest absolute Gasteiger partial charge is 0.0181 e. The minimum Gasteiger partial charge on any atom is -0.391 e. The van der Waals surface area contributed by atoms with Gasteiger partial charge in [-0.15, -0.1) is 0 Å². The Labute approximate surface area is 199 Å². The van der Waals surface area contributed by atoms with Crippen LogP contribution in [0.2, 0.25) is 0 Å². The topological polar surface area (TPSA) is 12.0 Å². The van der Waals surface area contributed by atoms with Crippen LogP contribution in [0.5, 0.6) is 0 Å². The number of rotatable bonds is 7. The molecule has 32 heavy (non-hydrogen) atoms. The highest BCUT2D eigenvalue weighted by Crippen LogP contribution is 2.43. The van der Waals surface area contributed by atoms with Gasteiger partial charge in [-0.05, 0) is 86.5 Å². The molecule has 0 amide bonds. The van der Waals surface area contributed by atoms with Crippen molar-refractivity contribution in [3.63, 3.8) is 0 Å². The van der Waals surface area contributed by atoms with Gasteiger partial charge in [-0.2, -0.15) is 0 Å². The lowest BCUT2D eigenvalue weighted by Crippen LogP contribution is -2.14. The zero-order valence-electron chi connectivity index (χ0n) is 21.4. The first-order valence-corrected chi connectivity index (χ1v) is 13.3. The van der Waals surface area contributed by atoms with Gasteiger partial charge < -0.3 is 5.32 Å². The highest BCUT2D eigenvalue weighted by Gasteiger charge is 2.32. The molecule has 0 spiro atoms. The number of hydrogen-bond acceptors (Lipinski definition) is 1. The SMILES string of the molecule is C=CNCCc1cccc(C)c1.CC1CCC(C2=CCCC=C2)CC1.CCC1CC1CC. The van der Waals surface area contributed by atoms with Gasteiger partial charge in [0.25, 0.3) is 0 Å². The summed E-state index contributed by atoms with van der Waals surface area (Å²) in [6.07, 6.45) is 22.6. The van der Waals surface area contributed by atoms with E-state index in [1.54, 1.807) is 11.8 Å². The van der Waals surface area contributed by atoms with Gasteiger partial charge in [0.2, 0.25) is 0 Å². The van der Waals surface area contributed by atoms with Gasteiger partial charge in [0.1, 0.15) is 0 Å². The number of allylic oxidation sites excluding steroid dienone is 4. The molecule has 1 heteroatoms. The highest BCUT2D eigenvalue weighted by atomic mass is 14.8. The Kier molecular flexibility index (Phi) is 12.5. The summed E-state index contributed by atoms with van der Waals surface area (Å²) in [4.78, 5) is 0. The van der Waals surface area contributed by atoms with Crippen molar-refractivity contribution >= 4 is 0 Å². The van der Waals surface area contributed by atoms with E-state index in [4.69, 9.17) is 0 Å². The van der Waals surface area contributed by atoms with Crippen LogP contribution in [-0.2, 0) is 6.42 Å². The Morgan fingerprint density at radius 1 is 1.03 bits per heavy atom. The van der Waals surface area contributed by atoms with Crippen LogP contribution in [0.15, 0.2) is 60.8 Å². The average molecular weight is 436 g/mol. The summed E-state index contributed by atoms with van der Waals surface area (Å²) < 4.78 is 0. The summed E-state index contributed by atoms with van der Waals surface area (Å²) >= 11 is 0. The van der Waals surface area contributed by atoms with Crippen molar-refractivity contribution < 1.29 is 0 Å². The van der Waals surface area contributed by atoms with E-state index in [0.29, 0.717) is 0 Å². The first kappa shape index (κ1) is 26.5. The van der Waals surface area contributed by atoms with Gasteiger partial charge >= 0.3 is 0 Å². The second kappa shape index (κ2) is 15.1. The van der Waals surface area contributed by atoms with Crippen LogP contribution in [0.25, 0.3) is 0 Å². The molecule has 4 rings (SSSR count). The molecule has 1 aromatic rings. The summed E-state index contributed by atoms with van der Waals surface area (Å²) in [5, 5.41) is 3.08. The zero-order valence-corrected chi connectivity index (χ0v) is 21.4. The molecule has 2 unspecified atom stereocenters. The van der Waals surface area contributed by atoms with Crippen LogP contribution in [0.1, 0.15) is 89.7 Å². The first-order valence-electron chi connectivity index (χ1n) is 13.3. The molecule has 2 fully saturated rings. The number of benzene rings is 1. The summed E-state index contributed by atoms with van der Waals surface area (Å²) in [6.45, 7) is 13.7. The molecule has 178 valence electrons. The Morgan fingerprint density at radius 2 is 1.75 bits per heavy atom. The average Bonchev–Trinajstić information content (AvgIpc) is 3.60. The van der Waals surface area contributed by atoms with E-state index >= 15 is 0 Å². The van der Waals surface area contributed by atoms with Crippen LogP contribution < -0.4 is 5.32 Å². The molecule has 3 aliphatic rings. The second-order valence-electron chi connectivity index (χ2n) is 10.1. The number of nitrogens with one attached hydrogen (secondary N) is 1. The third-order valence-corrected chi connectivity index (χ3v) is 7.41. The third kappa shape index (κ3) is 10.2. The molecule has 0 saturated heterocycles. The minimum absolute atomic E-state index is 0.896. The Hall–Kier alpha value is -1.76. The normalized spacial score (nSPS) is 25.9. The van der Waals surface area contributed by atoms with Crippen molar-refractivity contribution in [2.24, 2.45) is 23.7 Å². The highest BCUT2D eigenvalue weighted by molar-refractivity contribution is 5.25. The minimum atomic E-state index is 0.896. The number of aryl methyl sites for hydroxylation is 1. The van der Waals surface area contributed by atoms with Crippen molar-refractivity contribution in [1.82, 2.24) is 5.32 Å². The molecule has 2 saturated carbocycles. The Morgan fingerprint density at radius 3 is 2.28 bits per heavy atom. The number of hydrogen-bond donors (Lipinski definition) is 1. The standard InChI is InChI=1S/C13H20.C11H15N.C7H14/c1-11-7-9-13(10-8-11)12-5-3-2-4-6-12;1-3-12-8-7-11-6-4-5-10(2)9-11;1-3-6-5-7(6)4-2/h3,5-6,11,13H,2,4,7-10H2,1H3;3-6,9,12H,1,7-8H2,2H3;6-7H,3-5H2,1-2H3. The van der Waals surface area contributed by atoms with E-state index in [1.807, 2.05) is 0 Å². The predicted octanol–water partition coefficient (Wildman–Crippen LogP) is 8.80. The lowest BCUT2D eigenvalue weighted by molar-refractivity contribution is 0.322. The van der Waals surface area contributed by atoms with Gasteiger partial charge in [-0.25, -0.2) is 0 Å². The quantitative estimate of drug-likeness (QED) is 0.422.